The third-order valence-corrected chi connectivity index (χ3v) is 4.48. The van der Waals surface area contributed by atoms with E-state index in [-0.39, 0.29) is 12.1 Å². The van der Waals surface area contributed by atoms with Crippen molar-refractivity contribution in [3.05, 3.63) is 0 Å². The molecular formula is C15H28N4O2. The first-order valence-corrected chi connectivity index (χ1v) is 8.25. The fraction of sp³-hybridized carbons (Fsp3) is 0.867. The number of likely N-dealkylation sites (tertiary alicyclic amines) is 1. The molecule has 2 fully saturated rings. The van der Waals surface area contributed by atoms with Gasteiger partial charge in [-0.1, -0.05) is 0 Å². The highest BCUT2D eigenvalue weighted by atomic mass is 16.2. The summed E-state index contributed by atoms with van der Waals surface area (Å²) in [6.45, 7) is 9.85. The molecule has 2 heterocycles. The Labute approximate surface area is 127 Å². The predicted molar refractivity (Wildman–Crippen MR) is 82.3 cm³/mol. The lowest BCUT2D eigenvalue weighted by Crippen LogP contribution is -2.56. The average Bonchev–Trinajstić information content (AvgIpc) is 2.56. The Balaban J connectivity index is 1.82. The monoisotopic (exact) mass is 296 g/mol. The van der Waals surface area contributed by atoms with Crippen molar-refractivity contribution in [2.75, 3.05) is 52.4 Å². The standard InChI is InChI=1S/C15H28N4O2/c1-3-16(4-2)14(20)18-10-12-19(13-11-18)15(21)17-8-6-5-7-9-17/h3-13H2,1-2H3. The lowest BCUT2D eigenvalue weighted by Gasteiger charge is -2.39. The van der Waals surface area contributed by atoms with Crippen molar-refractivity contribution in [1.82, 2.24) is 19.6 Å². The van der Waals surface area contributed by atoms with Gasteiger partial charge in [-0.3, -0.25) is 0 Å². The molecule has 21 heavy (non-hydrogen) atoms. The molecule has 0 unspecified atom stereocenters. The van der Waals surface area contributed by atoms with E-state index in [4.69, 9.17) is 0 Å². The molecule has 6 heteroatoms. The molecule has 2 aliphatic heterocycles. The van der Waals surface area contributed by atoms with E-state index in [0.29, 0.717) is 26.2 Å². The number of rotatable bonds is 2. The molecule has 2 rings (SSSR count). The summed E-state index contributed by atoms with van der Waals surface area (Å²) in [4.78, 5) is 32.3. The molecule has 0 aliphatic carbocycles. The molecule has 0 radical (unpaired) electrons. The van der Waals surface area contributed by atoms with E-state index in [9.17, 15) is 9.59 Å². The summed E-state index contributed by atoms with van der Waals surface area (Å²) in [5, 5.41) is 0. The second-order valence-corrected chi connectivity index (χ2v) is 5.76. The Morgan fingerprint density at radius 2 is 1.24 bits per heavy atom. The van der Waals surface area contributed by atoms with Crippen molar-refractivity contribution in [2.45, 2.75) is 33.1 Å². The second-order valence-electron chi connectivity index (χ2n) is 5.76. The van der Waals surface area contributed by atoms with Crippen molar-refractivity contribution in [1.29, 1.82) is 0 Å². The first kappa shape index (κ1) is 15.9. The molecule has 2 saturated heterocycles. The minimum Gasteiger partial charge on any atom is -0.325 e. The number of carbonyl (C=O) groups excluding carboxylic acids is 2. The first-order chi connectivity index (χ1) is 10.2. The van der Waals surface area contributed by atoms with Crippen LogP contribution in [0.15, 0.2) is 0 Å². The molecule has 120 valence electrons. The minimum atomic E-state index is 0.102. The average molecular weight is 296 g/mol. The highest BCUT2D eigenvalue weighted by molar-refractivity contribution is 5.76. The van der Waals surface area contributed by atoms with Gasteiger partial charge in [0.2, 0.25) is 0 Å². The Morgan fingerprint density at radius 3 is 1.76 bits per heavy atom. The van der Waals surface area contributed by atoms with E-state index >= 15 is 0 Å². The molecule has 0 N–H and O–H groups in total. The zero-order valence-corrected chi connectivity index (χ0v) is 13.4. The van der Waals surface area contributed by atoms with Crippen LogP contribution in [0.1, 0.15) is 33.1 Å². The molecule has 0 spiro atoms. The summed E-state index contributed by atoms with van der Waals surface area (Å²) < 4.78 is 0. The van der Waals surface area contributed by atoms with Crippen LogP contribution in [-0.4, -0.2) is 84.0 Å². The number of hydrogen-bond acceptors (Lipinski definition) is 2. The van der Waals surface area contributed by atoms with Crippen LogP contribution >= 0.6 is 0 Å². The van der Waals surface area contributed by atoms with Crippen molar-refractivity contribution < 1.29 is 9.59 Å². The topological polar surface area (TPSA) is 47.1 Å². The molecule has 6 nitrogen and oxygen atoms in total. The van der Waals surface area contributed by atoms with Gasteiger partial charge in [-0.05, 0) is 33.1 Å². The fourth-order valence-electron chi connectivity index (χ4n) is 3.07. The maximum absolute atomic E-state index is 12.4. The van der Waals surface area contributed by atoms with Gasteiger partial charge < -0.3 is 19.6 Å². The number of urea groups is 2. The molecule has 0 aromatic rings. The zero-order valence-electron chi connectivity index (χ0n) is 13.4. The molecular weight excluding hydrogens is 268 g/mol. The molecule has 0 aromatic carbocycles. The van der Waals surface area contributed by atoms with Crippen LogP contribution in [0, 0.1) is 0 Å². The predicted octanol–water partition coefficient (Wildman–Crippen LogP) is 1.67. The third-order valence-electron chi connectivity index (χ3n) is 4.48. The summed E-state index contributed by atoms with van der Waals surface area (Å²) >= 11 is 0. The summed E-state index contributed by atoms with van der Waals surface area (Å²) in [5.74, 6) is 0. The summed E-state index contributed by atoms with van der Waals surface area (Å²) in [7, 11) is 0. The van der Waals surface area contributed by atoms with Gasteiger partial charge in [0.15, 0.2) is 0 Å². The number of piperazine rings is 1. The number of carbonyl (C=O) groups is 2. The lowest BCUT2D eigenvalue weighted by atomic mass is 10.1. The molecule has 0 aromatic heterocycles. The number of amides is 4. The molecule has 2 aliphatic rings. The maximum Gasteiger partial charge on any atom is 0.320 e. The van der Waals surface area contributed by atoms with E-state index in [1.807, 2.05) is 33.4 Å². The van der Waals surface area contributed by atoms with Gasteiger partial charge in [-0.25, -0.2) is 9.59 Å². The Morgan fingerprint density at radius 1 is 0.762 bits per heavy atom. The van der Waals surface area contributed by atoms with Crippen molar-refractivity contribution in [3.8, 4) is 0 Å². The van der Waals surface area contributed by atoms with Crippen molar-refractivity contribution in [2.24, 2.45) is 0 Å². The Hall–Kier alpha value is -1.46. The third kappa shape index (κ3) is 3.80. The van der Waals surface area contributed by atoms with Gasteiger partial charge in [0.1, 0.15) is 0 Å². The van der Waals surface area contributed by atoms with Gasteiger partial charge >= 0.3 is 12.1 Å². The largest absolute Gasteiger partial charge is 0.325 e. The van der Waals surface area contributed by atoms with Gasteiger partial charge in [-0.2, -0.15) is 0 Å². The van der Waals surface area contributed by atoms with E-state index in [1.54, 1.807) is 0 Å². The van der Waals surface area contributed by atoms with Crippen LogP contribution in [0.3, 0.4) is 0 Å². The highest BCUT2D eigenvalue weighted by Gasteiger charge is 2.28. The minimum absolute atomic E-state index is 0.102. The van der Waals surface area contributed by atoms with E-state index in [0.717, 1.165) is 39.0 Å². The van der Waals surface area contributed by atoms with Crippen LogP contribution in [0.4, 0.5) is 9.59 Å². The van der Waals surface area contributed by atoms with E-state index in [1.165, 1.54) is 6.42 Å². The van der Waals surface area contributed by atoms with E-state index < -0.39 is 0 Å². The number of nitrogens with zero attached hydrogens (tertiary/aromatic N) is 4. The zero-order chi connectivity index (χ0) is 15.2. The summed E-state index contributed by atoms with van der Waals surface area (Å²) in [5.41, 5.74) is 0. The van der Waals surface area contributed by atoms with Crippen LogP contribution < -0.4 is 0 Å². The van der Waals surface area contributed by atoms with Crippen LogP contribution in [0.5, 0.6) is 0 Å². The summed E-state index contributed by atoms with van der Waals surface area (Å²) in [6.07, 6.45) is 3.47. The SMILES string of the molecule is CCN(CC)C(=O)N1CCN(C(=O)N2CCCCC2)CC1. The van der Waals surface area contributed by atoms with E-state index in [2.05, 4.69) is 0 Å². The van der Waals surface area contributed by atoms with Crippen molar-refractivity contribution in [3.63, 3.8) is 0 Å². The smallest absolute Gasteiger partial charge is 0.320 e. The fourth-order valence-corrected chi connectivity index (χ4v) is 3.07. The highest BCUT2D eigenvalue weighted by Crippen LogP contribution is 2.13. The molecule has 0 saturated carbocycles. The molecule has 4 amide bonds. The second kappa shape index (κ2) is 7.52. The van der Waals surface area contributed by atoms with Gasteiger partial charge in [0.25, 0.3) is 0 Å². The van der Waals surface area contributed by atoms with Gasteiger partial charge in [-0.15, -0.1) is 0 Å². The number of hydrogen-bond donors (Lipinski definition) is 0. The Kier molecular flexibility index (Phi) is 5.70. The Bertz CT molecular complexity index is 357. The van der Waals surface area contributed by atoms with Crippen LogP contribution in [-0.2, 0) is 0 Å². The van der Waals surface area contributed by atoms with Gasteiger partial charge in [0.05, 0.1) is 0 Å². The van der Waals surface area contributed by atoms with Crippen molar-refractivity contribution >= 4 is 12.1 Å². The summed E-state index contributed by atoms with van der Waals surface area (Å²) in [6, 6.07) is 0.259. The molecule has 0 atom stereocenters. The lowest BCUT2D eigenvalue weighted by molar-refractivity contribution is 0.102. The van der Waals surface area contributed by atoms with Crippen LogP contribution in [0.2, 0.25) is 0 Å². The van der Waals surface area contributed by atoms with Gasteiger partial charge in [0, 0.05) is 52.4 Å². The number of piperidine rings is 1. The molecule has 0 bridgehead atoms. The normalized spacial score (nSPS) is 19.6. The maximum atomic E-state index is 12.4. The quantitative estimate of drug-likeness (QED) is 0.778. The first-order valence-electron chi connectivity index (χ1n) is 8.25. The van der Waals surface area contributed by atoms with Crippen LogP contribution in [0.25, 0.3) is 0 Å².